The van der Waals surface area contributed by atoms with Crippen LogP contribution in [-0.4, -0.2) is 47.8 Å². The van der Waals surface area contributed by atoms with E-state index >= 15 is 0 Å². The third-order valence-corrected chi connectivity index (χ3v) is 3.58. The van der Waals surface area contributed by atoms with Crippen LogP contribution >= 0.6 is 0 Å². The Balaban J connectivity index is 2.46. The standard InChI is InChI=1S/C13H24N2O2/c1-4-11(5-2)13(17)15-9-7-14(8-10-15)12(16)6-3/h11H,4-10H2,1-3H3. The Morgan fingerprint density at radius 1 is 0.941 bits per heavy atom. The molecule has 1 saturated heterocycles. The van der Waals surface area contributed by atoms with Crippen LogP contribution in [0.2, 0.25) is 0 Å². The smallest absolute Gasteiger partial charge is 0.225 e. The predicted octanol–water partition coefficient (Wildman–Crippen LogP) is 1.50. The molecule has 1 heterocycles. The number of carbonyl (C=O) groups is 2. The van der Waals surface area contributed by atoms with Crippen molar-refractivity contribution in [2.45, 2.75) is 40.0 Å². The van der Waals surface area contributed by atoms with Gasteiger partial charge < -0.3 is 9.80 Å². The Kier molecular flexibility index (Phi) is 5.45. The number of nitrogens with zero attached hydrogens (tertiary/aromatic N) is 2. The van der Waals surface area contributed by atoms with Crippen molar-refractivity contribution >= 4 is 11.8 Å². The van der Waals surface area contributed by atoms with E-state index in [1.165, 1.54) is 0 Å². The van der Waals surface area contributed by atoms with Crippen LogP contribution in [0.1, 0.15) is 40.0 Å². The molecule has 0 spiro atoms. The van der Waals surface area contributed by atoms with Crippen LogP contribution in [0.3, 0.4) is 0 Å². The lowest BCUT2D eigenvalue weighted by Gasteiger charge is -2.36. The van der Waals surface area contributed by atoms with Crippen LogP contribution < -0.4 is 0 Å². The Bertz CT molecular complexity index is 267. The monoisotopic (exact) mass is 240 g/mol. The lowest BCUT2D eigenvalue weighted by molar-refractivity contribution is -0.142. The van der Waals surface area contributed by atoms with Gasteiger partial charge in [-0.1, -0.05) is 20.8 Å². The first-order valence-corrected chi connectivity index (χ1v) is 6.70. The summed E-state index contributed by atoms with van der Waals surface area (Å²) in [5.41, 5.74) is 0. The van der Waals surface area contributed by atoms with Gasteiger partial charge in [-0.15, -0.1) is 0 Å². The van der Waals surface area contributed by atoms with Crippen molar-refractivity contribution in [1.82, 2.24) is 9.80 Å². The first kappa shape index (κ1) is 14.0. The average molecular weight is 240 g/mol. The Labute approximate surface area is 104 Å². The predicted molar refractivity (Wildman–Crippen MR) is 67.5 cm³/mol. The second kappa shape index (κ2) is 6.62. The minimum absolute atomic E-state index is 0.156. The van der Waals surface area contributed by atoms with Crippen LogP contribution in [0.5, 0.6) is 0 Å². The summed E-state index contributed by atoms with van der Waals surface area (Å²) in [6.45, 7) is 8.77. The van der Waals surface area contributed by atoms with Gasteiger partial charge in [-0.25, -0.2) is 0 Å². The van der Waals surface area contributed by atoms with Crippen LogP contribution in [0, 0.1) is 5.92 Å². The molecule has 0 saturated carbocycles. The zero-order chi connectivity index (χ0) is 12.8. The first-order valence-electron chi connectivity index (χ1n) is 6.70. The number of piperazine rings is 1. The van der Waals surface area contributed by atoms with E-state index in [2.05, 4.69) is 13.8 Å². The van der Waals surface area contributed by atoms with E-state index in [1.807, 2.05) is 16.7 Å². The highest BCUT2D eigenvalue weighted by Crippen LogP contribution is 2.14. The van der Waals surface area contributed by atoms with Crippen molar-refractivity contribution in [2.24, 2.45) is 5.92 Å². The fourth-order valence-electron chi connectivity index (χ4n) is 2.30. The molecule has 0 aromatic rings. The third kappa shape index (κ3) is 3.45. The van der Waals surface area contributed by atoms with Gasteiger partial charge in [0.15, 0.2) is 0 Å². The Morgan fingerprint density at radius 3 is 1.82 bits per heavy atom. The minimum atomic E-state index is 0.156. The van der Waals surface area contributed by atoms with Gasteiger partial charge in [0, 0.05) is 38.5 Å². The summed E-state index contributed by atoms with van der Waals surface area (Å²) in [5.74, 6) is 0.613. The second-order valence-corrected chi connectivity index (χ2v) is 4.57. The van der Waals surface area contributed by atoms with Crippen LogP contribution in [0.15, 0.2) is 0 Å². The van der Waals surface area contributed by atoms with Crippen LogP contribution in [-0.2, 0) is 9.59 Å². The zero-order valence-electron chi connectivity index (χ0n) is 11.2. The largest absolute Gasteiger partial charge is 0.339 e. The van der Waals surface area contributed by atoms with Gasteiger partial charge in [-0.05, 0) is 12.8 Å². The lowest BCUT2D eigenvalue weighted by Crippen LogP contribution is -2.51. The Morgan fingerprint density at radius 2 is 1.41 bits per heavy atom. The molecule has 1 aliphatic rings. The SMILES string of the molecule is CCC(=O)N1CCN(C(=O)C(CC)CC)CC1. The molecule has 0 aliphatic carbocycles. The summed E-state index contributed by atoms with van der Waals surface area (Å²) in [5, 5.41) is 0. The van der Waals surface area contributed by atoms with Gasteiger partial charge in [-0.2, -0.15) is 0 Å². The Hall–Kier alpha value is -1.06. The fourth-order valence-corrected chi connectivity index (χ4v) is 2.30. The van der Waals surface area contributed by atoms with E-state index in [0.29, 0.717) is 32.6 Å². The molecule has 0 atom stereocenters. The van der Waals surface area contributed by atoms with E-state index in [1.54, 1.807) is 0 Å². The van der Waals surface area contributed by atoms with Gasteiger partial charge in [0.1, 0.15) is 0 Å². The molecular formula is C13H24N2O2. The van der Waals surface area contributed by atoms with Crippen molar-refractivity contribution in [3.8, 4) is 0 Å². The number of hydrogen-bond acceptors (Lipinski definition) is 2. The second-order valence-electron chi connectivity index (χ2n) is 4.57. The van der Waals surface area contributed by atoms with Gasteiger partial charge in [-0.3, -0.25) is 9.59 Å². The van der Waals surface area contributed by atoms with E-state index in [-0.39, 0.29) is 17.7 Å². The van der Waals surface area contributed by atoms with E-state index < -0.39 is 0 Å². The highest BCUT2D eigenvalue weighted by atomic mass is 16.2. The molecule has 2 amide bonds. The first-order chi connectivity index (χ1) is 8.13. The number of rotatable bonds is 4. The molecule has 0 aromatic heterocycles. The zero-order valence-corrected chi connectivity index (χ0v) is 11.2. The molecule has 1 aliphatic heterocycles. The number of amides is 2. The topological polar surface area (TPSA) is 40.6 Å². The van der Waals surface area contributed by atoms with E-state index in [4.69, 9.17) is 0 Å². The molecule has 0 radical (unpaired) electrons. The summed E-state index contributed by atoms with van der Waals surface area (Å²) < 4.78 is 0. The molecule has 98 valence electrons. The molecule has 0 N–H and O–H groups in total. The van der Waals surface area contributed by atoms with E-state index in [9.17, 15) is 9.59 Å². The molecule has 0 unspecified atom stereocenters. The summed E-state index contributed by atoms with van der Waals surface area (Å²) in [4.78, 5) is 27.4. The van der Waals surface area contributed by atoms with Gasteiger partial charge >= 0.3 is 0 Å². The summed E-state index contributed by atoms with van der Waals surface area (Å²) in [7, 11) is 0. The van der Waals surface area contributed by atoms with Crippen LogP contribution in [0.25, 0.3) is 0 Å². The normalized spacial score (nSPS) is 16.5. The molecule has 1 fully saturated rings. The maximum absolute atomic E-state index is 12.1. The molecule has 4 nitrogen and oxygen atoms in total. The van der Waals surface area contributed by atoms with Crippen LogP contribution in [0.4, 0.5) is 0 Å². The van der Waals surface area contributed by atoms with Gasteiger partial charge in [0.2, 0.25) is 11.8 Å². The highest BCUT2D eigenvalue weighted by molar-refractivity contribution is 5.80. The molecule has 17 heavy (non-hydrogen) atoms. The average Bonchev–Trinajstić information content (AvgIpc) is 2.39. The number of carbonyl (C=O) groups excluding carboxylic acids is 2. The summed E-state index contributed by atoms with van der Waals surface area (Å²) in [6.07, 6.45) is 2.37. The molecule has 0 aromatic carbocycles. The quantitative estimate of drug-likeness (QED) is 0.747. The van der Waals surface area contributed by atoms with Crippen molar-refractivity contribution < 1.29 is 9.59 Å². The molecule has 4 heteroatoms. The highest BCUT2D eigenvalue weighted by Gasteiger charge is 2.26. The maximum Gasteiger partial charge on any atom is 0.225 e. The van der Waals surface area contributed by atoms with Crippen molar-refractivity contribution in [3.63, 3.8) is 0 Å². The van der Waals surface area contributed by atoms with Gasteiger partial charge in [0.25, 0.3) is 0 Å². The molecule has 1 rings (SSSR count). The minimum Gasteiger partial charge on any atom is -0.339 e. The van der Waals surface area contributed by atoms with Crippen molar-refractivity contribution in [2.75, 3.05) is 26.2 Å². The summed E-state index contributed by atoms with van der Waals surface area (Å²) in [6, 6.07) is 0. The third-order valence-electron chi connectivity index (χ3n) is 3.58. The summed E-state index contributed by atoms with van der Waals surface area (Å²) >= 11 is 0. The molecular weight excluding hydrogens is 216 g/mol. The fraction of sp³-hybridized carbons (Fsp3) is 0.846. The van der Waals surface area contributed by atoms with Crippen molar-refractivity contribution in [3.05, 3.63) is 0 Å². The van der Waals surface area contributed by atoms with Gasteiger partial charge in [0.05, 0.1) is 0 Å². The lowest BCUT2D eigenvalue weighted by atomic mass is 10.0. The maximum atomic E-state index is 12.1. The van der Waals surface area contributed by atoms with E-state index in [0.717, 1.165) is 12.8 Å². The molecule has 0 bridgehead atoms. The number of hydrogen-bond donors (Lipinski definition) is 0. The van der Waals surface area contributed by atoms with Crippen molar-refractivity contribution in [1.29, 1.82) is 0 Å².